The molecule has 274 valence electrons. The molecule has 4 N–H and O–H groups in total. The average Bonchev–Trinajstić information content (AvgIpc) is 3.06. The first kappa shape index (κ1) is 44.8. The minimum Gasteiger partial charge on any atom is -0.463 e. The highest BCUT2D eigenvalue weighted by molar-refractivity contribution is 5.81. The summed E-state index contributed by atoms with van der Waals surface area (Å²) in [4.78, 5) is 26.9. The largest absolute Gasteiger partial charge is 0.463 e. The Hall–Kier alpha value is -1.22. The summed E-state index contributed by atoms with van der Waals surface area (Å²) in [7, 11) is 0. The van der Waals surface area contributed by atoms with Crippen molar-refractivity contribution in [3.63, 3.8) is 0 Å². The van der Waals surface area contributed by atoms with Gasteiger partial charge >= 0.3 is 5.97 Å². The van der Waals surface area contributed by atoms with Gasteiger partial charge in [0.1, 0.15) is 24.9 Å². The molecule has 0 bridgehead atoms. The van der Waals surface area contributed by atoms with Crippen LogP contribution < -0.4 is 0 Å². The first-order chi connectivity index (χ1) is 22.3. The normalized spacial score (nSPS) is 14.2. The van der Waals surface area contributed by atoms with Gasteiger partial charge in [-0.15, -0.1) is 0 Å². The van der Waals surface area contributed by atoms with Crippen molar-refractivity contribution in [1.82, 2.24) is 4.90 Å². The number of aliphatic hydroxyl groups excluding tert-OH is 4. The molecule has 0 aromatic rings. The SMILES string of the molecule is CCCCCCCCCCCCCCCC(=O)OCC(O)C(O)C(O)C(O)C(=O)N(CCCCCCCC)CCCCCCCC. The summed E-state index contributed by atoms with van der Waals surface area (Å²) in [6.45, 7) is 7.05. The molecule has 8 nitrogen and oxygen atoms in total. The van der Waals surface area contributed by atoms with E-state index in [2.05, 4.69) is 20.8 Å². The molecule has 0 aliphatic rings. The molecule has 0 saturated carbocycles. The monoisotopic (exact) mass is 658 g/mol. The number of hydrogen-bond acceptors (Lipinski definition) is 7. The number of nitrogens with zero attached hydrogens (tertiary/aromatic N) is 1. The van der Waals surface area contributed by atoms with Gasteiger partial charge in [-0.05, 0) is 19.3 Å². The topological polar surface area (TPSA) is 128 Å². The zero-order valence-corrected chi connectivity index (χ0v) is 30.3. The smallest absolute Gasteiger partial charge is 0.305 e. The van der Waals surface area contributed by atoms with Crippen LogP contribution in [0, 0.1) is 0 Å². The van der Waals surface area contributed by atoms with Gasteiger partial charge in [0.15, 0.2) is 6.10 Å². The Labute approximate surface area is 283 Å². The Morgan fingerprint density at radius 3 is 1.24 bits per heavy atom. The zero-order valence-electron chi connectivity index (χ0n) is 30.3. The number of ether oxygens (including phenoxy) is 1. The molecule has 0 radical (unpaired) electrons. The van der Waals surface area contributed by atoms with E-state index < -0.39 is 42.9 Å². The van der Waals surface area contributed by atoms with Crippen molar-refractivity contribution < 1.29 is 34.8 Å². The summed E-state index contributed by atoms with van der Waals surface area (Å²) in [5, 5.41) is 42.1. The van der Waals surface area contributed by atoms with Gasteiger partial charge in [0.25, 0.3) is 5.91 Å². The third-order valence-electron chi connectivity index (χ3n) is 9.10. The van der Waals surface area contributed by atoms with Crippen molar-refractivity contribution in [2.24, 2.45) is 0 Å². The first-order valence-electron chi connectivity index (χ1n) is 19.5. The van der Waals surface area contributed by atoms with E-state index in [9.17, 15) is 30.0 Å². The fourth-order valence-corrected chi connectivity index (χ4v) is 5.88. The van der Waals surface area contributed by atoms with E-state index >= 15 is 0 Å². The van der Waals surface area contributed by atoms with Gasteiger partial charge in [-0.1, -0.05) is 162 Å². The maximum Gasteiger partial charge on any atom is 0.305 e. The Kier molecular flexibility index (Phi) is 31.5. The number of rotatable bonds is 34. The summed E-state index contributed by atoms with van der Waals surface area (Å²) in [6.07, 6.45) is 21.7. The van der Waals surface area contributed by atoms with Gasteiger partial charge in [0, 0.05) is 19.5 Å². The second-order valence-corrected chi connectivity index (χ2v) is 13.5. The summed E-state index contributed by atoms with van der Waals surface area (Å²) >= 11 is 0. The molecule has 0 rings (SSSR count). The fraction of sp³-hybridized carbons (Fsp3) is 0.947. The summed E-state index contributed by atoms with van der Waals surface area (Å²) in [6, 6.07) is 0. The number of carbonyl (C=O) groups is 2. The Balaban J connectivity index is 4.39. The second kappa shape index (κ2) is 32.3. The van der Waals surface area contributed by atoms with Crippen molar-refractivity contribution in [3.8, 4) is 0 Å². The van der Waals surface area contributed by atoms with Gasteiger partial charge in [-0.25, -0.2) is 0 Å². The van der Waals surface area contributed by atoms with Crippen LogP contribution in [0.25, 0.3) is 0 Å². The highest BCUT2D eigenvalue weighted by atomic mass is 16.5. The van der Waals surface area contributed by atoms with Crippen molar-refractivity contribution in [2.45, 2.75) is 212 Å². The molecular formula is C38H75NO7. The van der Waals surface area contributed by atoms with Crippen molar-refractivity contribution in [1.29, 1.82) is 0 Å². The van der Waals surface area contributed by atoms with Gasteiger partial charge in [-0.3, -0.25) is 9.59 Å². The number of carbonyl (C=O) groups excluding carboxylic acids is 2. The Morgan fingerprint density at radius 2 is 0.848 bits per heavy atom. The second-order valence-electron chi connectivity index (χ2n) is 13.5. The van der Waals surface area contributed by atoms with Gasteiger partial charge < -0.3 is 30.1 Å². The van der Waals surface area contributed by atoms with Gasteiger partial charge in [0.2, 0.25) is 0 Å². The zero-order chi connectivity index (χ0) is 34.3. The van der Waals surface area contributed by atoms with Crippen LogP contribution in [0.5, 0.6) is 0 Å². The quantitative estimate of drug-likeness (QED) is 0.0408. The molecular weight excluding hydrogens is 582 g/mol. The molecule has 0 aromatic carbocycles. The van der Waals surface area contributed by atoms with E-state index in [1.165, 1.54) is 89.9 Å². The highest BCUT2D eigenvalue weighted by Gasteiger charge is 2.36. The third kappa shape index (κ3) is 24.9. The van der Waals surface area contributed by atoms with Crippen LogP contribution >= 0.6 is 0 Å². The van der Waals surface area contributed by atoms with Gasteiger partial charge in [0.05, 0.1) is 0 Å². The molecule has 0 aliphatic heterocycles. The van der Waals surface area contributed by atoms with Crippen LogP contribution in [0.2, 0.25) is 0 Å². The van der Waals surface area contributed by atoms with Crippen LogP contribution in [0.15, 0.2) is 0 Å². The molecule has 4 atom stereocenters. The predicted molar refractivity (Wildman–Crippen MR) is 189 cm³/mol. The molecule has 1 amide bonds. The van der Waals surface area contributed by atoms with Crippen LogP contribution in [0.4, 0.5) is 0 Å². The van der Waals surface area contributed by atoms with Gasteiger partial charge in [-0.2, -0.15) is 0 Å². The number of amides is 1. The van der Waals surface area contributed by atoms with E-state index in [0.29, 0.717) is 19.5 Å². The number of unbranched alkanes of at least 4 members (excludes halogenated alkanes) is 22. The molecule has 0 spiro atoms. The molecule has 0 aromatic heterocycles. The standard InChI is InChI=1S/C38H75NO7/c1-4-7-10-13-16-17-18-19-20-21-22-23-26-29-34(41)46-32-33(40)35(42)36(43)37(44)38(45)39(30-27-24-14-11-8-5-2)31-28-25-15-12-9-6-3/h33,35-37,40,42-44H,4-32H2,1-3H3. The highest BCUT2D eigenvalue weighted by Crippen LogP contribution is 2.15. The van der Waals surface area contributed by atoms with E-state index in [1.54, 1.807) is 4.90 Å². The van der Waals surface area contributed by atoms with E-state index in [4.69, 9.17) is 4.74 Å². The maximum absolute atomic E-state index is 13.2. The lowest BCUT2D eigenvalue weighted by Crippen LogP contribution is -2.53. The predicted octanol–water partition coefficient (Wildman–Crippen LogP) is 8.00. The Bertz CT molecular complexity index is 676. The number of hydrogen-bond donors (Lipinski definition) is 4. The summed E-state index contributed by atoms with van der Waals surface area (Å²) in [5.74, 6) is -1.11. The minimum absolute atomic E-state index is 0.232. The van der Waals surface area contributed by atoms with Crippen molar-refractivity contribution >= 4 is 11.9 Å². The van der Waals surface area contributed by atoms with Crippen molar-refractivity contribution in [2.75, 3.05) is 19.7 Å². The first-order valence-corrected chi connectivity index (χ1v) is 19.5. The van der Waals surface area contributed by atoms with E-state index in [0.717, 1.165) is 64.2 Å². The van der Waals surface area contributed by atoms with Crippen LogP contribution in [0.1, 0.15) is 188 Å². The molecule has 8 heteroatoms. The van der Waals surface area contributed by atoms with Crippen molar-refractivity contribution in [3.05, 3.63) is 0 Å². The number of esters is 1. The maximum atomic E-state index is 13.2. The summed E-state index contributed by atoms with van der Waals surface area (Å²) in [5.41, 5.74) is 0. The molecule has 0 aliphatic carbocycles. The number of aliphatic hydroxyl groups is 4. The van der Waals surface area contributed by atoms with Crippen LogP contribution in [-0.2, 0) is 14.3 Å². The molecule has 0 heterocycles. The molecule has 4 unspecified atom stereocenters. The fourth-order valence-electron chi connectivity index (χ4n) is 5.88. The average molecular weight is 658 g/mol. The lowest BCUT2D eigenvalue weighted by atomic mass is 10.0. The van der Waals surface area contributed by atoms with Crippen LogP contribution in [-0.4, -0.2) is 81.3 Å². The molecule has 46 heavy (non-hydrogen) atoms. The minimum atomic E-state index is -1.89. The van der Waals surface area contributed by atoms with E-state index in [1.807, 2.05) is 0 Å². The van der Waals surface area contributed by atoms with E-state index in [-0.39, 0.29) is 6.42 Å². The summed E-state index contributed by atoms with van der Waals surface area (Å²) < 4.78 is 5.12. The lowest BCUT2D eigenvalue weighted by molar-refractivity contribution is -0.164. The molecule has 0 fully saturated rings. The third-order valence-corrected chi connectivity index (χ3v) is 9.10. The Morgan fingerprint density at radius 1 is 0.500 bits per heavy atom. The molecule has 0 saturated heterocycles. The lowest BCUT2D eigenvalue weighted by Gasteiger charge is -2.30. The van der Waals surface area contributed by atoms with Crippen LogP contribution in [0.3, 0.4) is 0 Å².